The number of ether oxygens (including phenoxy) is 1. The topological polar surface area (TPSA) is 556 Å². The van der Waals surface area contributed by atoms with E-state index in [4.69, 9.17) is 16.0 Å². The third-order valence-corrected chi connectivity index (χ3v) is 19.3. The van der Waals surface area contributed by atoms with Crippen molar-refractivity contribution in [2.45, 2.75) is 199 Å². The summed E-state index contributed by atoms with van der Waals surface area (Å²) >= 11 is 0. The smallest absolute Gasteiger partial charge is 0.305 e. The molecule has 0 aliphatic carbocycles. The first-order valence-corrected chi connectivity index (χ1v) is 38.2. The molecule has 12 amide bonds. The van der Waals surface area contributed by atoms with Crippen LogP contribution in [0, 0.1) is 25.1 Å². The van der Waals surface area contributed by atoms with Gasteiger partial charge in [-0.3, -0.25) is 62.3 Å². The molecule has 2 heterocycles. The van der Waals surface area contributed by atoms with E-state index in [0.717, 1.165) is 73.2 Å². The molecule has 37 nitrogen and oxygen atoms in total. The van der Waals surface area contributed by atoms with Gasteiger partial charge in [0.2, 0.25) is 70.9 Å². The lowest BCUT2D eigenvalue weighted by molar-refractivity contribution is -0.145. The molecule has 116 heavy (non-hydrogen) atoms. The standard InChI is InChI=1S/C78H106FN19O18/c1-9-50-37-53(116-32-15-13-28-84-94-81)26-27-54(50)51-24-22-48(23-25-51)36-57(71(109)85-56(69(80)107)20-16-17-49-34-44(2)33-45(3)35-49)86-72(110)59(40-66(105)106)87-73(111)60(43-99)88-75(113)67(46(4)100)91-74(112)61(38-52-18-10-11-19-55(52)79)97(8)76(114)68(47(5)101)90-64(103)42-83-70(108)58(39-62-92-95-96-93-62)89-77(115)78(6,7)41-63(102)82-29-31-98-30-14-12-21-65(98)104/h10-11,18-19,22-27,33-35,37,46-47,56-61,67-68,99-101H,9,12-17,20-21,28-32,36,38-43H2,1-8H3,(H2,80,107)(H,82,102)(H,83,108)(H,85,109)(H,86,110)(H,87,111)(H,88,113)(H,89,115)(H,90,103)(H,91,112)(H,105,106)(H,92,93,95,96)/t46-,47?,56+,57?,58+,59+,60+,61?,67+,68+/m1/s1. The van der Waals surface area contributed by atoms with Crippen molar-refractivity contribution >= 4 is 76.9 Å². The number of aromatic nitrogens is 4. The third-order valence-electron chi connectivity index (χ3n) is 19.3. The van der Waals surface area contributed by atoms with Crippen molar-refractivity contribution in [3.05, 3.63) is 140 Å². The Hall–Kier alpha value is -12.0. The summed E-state index contributed by atoms with van der Waals surface area (Å²) in [6, 6.07) is 9.07. The van der Waals surface area contributed by atoms with Crippen molar-refractivity contribution in [2.24, 2.45) is 16.3 Å². The van der Waals surface area contributed by atoms with Crippen LogP contribution in [0.25, 0.3) is 21.6 Å². The molecule has 0 saturated carbocycles. The molecule has 16 N–H and O–H groups in total. The van der Waals surface area contributed by atoms with Crippen molar-refractivity contribution < 1.29 is 91.9 Å². The number of benzene rings is 4. The Balaban J connectivity index is 1.16. The number of hydrogen-bond donors (Lipinski definition) is 15. The summed E-state index contributed by atoms with van der Waals surface area (Å²) in [5.41, 5.74) is 18.8. The molecule has 6 rings (SSSR count). The normalized spacial score (nSPS) is 14.6. The van der Waals surface area contributed by atoms with Crippen molar-refractivity contribution in [1.82, 2.24) is 78.3 Å². The second kappa shape index (κ2) is 45.8. The number of halogens is 1. The van der Waals surface area contributed by atoms with Gasteiger partial charge in [0.05, 0.1) is 43.8 Å². The van der Waals surface area contributed by atoms with Crippen LogP contribution in [0.3, 0.4) is 0 Å². The highest BCUT2D eigenvalue weighted by Gasteiger charge is 2.40. The molecular formula is C78H106FN19O18. The number of carbonyl (C=O) groups is 13. The zero-order valence-electron chi connectivity index (χ0n) is 66.2. The zero-order valence-corrected chi connectivity index (χ0v) is 66.2. The number of piperidine rings is 1. The maximum Gasteiger partial charge on any atom is 0.305 e. The molecule has 1 aliphatic rings. The van der Waals surface area contributed by atoms with Crippen LogP contribution in [0.15, 0.2) is 90.0 Å². The molecule has 4 aromatic carbocycles. The molecule has 5 aromatic rings. The molecule has 1 aliphatic heterocycles. The van der Waals surface area contributed by atoms with E-state index in [1.165, 1.54) is 32.0 Å². The van der Waals surface area contributed by atoms with Crippen LogP contribution in [0.5, 0.6) is 5.75 Å². The van der Waals surface area contributed by atoms with E-state index in [2.05, 4.69) is 78.5 Å². The molecule has 3 unspecified atom stereocenters. The number of hydrogen-bond acceptors (Lipinski definition) is 21. The number of likely N-dealkylation sites (tertiary alicyclic amines) is 1. The van der Waals surface area contributed by atoms with Crippen LogP contribution in [-0.2, 0) is 94.4 Å². The van der Waals surface area contributed by atoms with Crippen molar-refractivity contribution in [2.75, 3.05) is 53.0 Å². The summed E-state index contributed by atoms with van der Waals surface area (Å²) in [4.78, 5) is 184. The van der Waals surface area contributed by atoms with Crippen molar-refractivity contribution in [1.29, 1.82) is 0 Å². The van der Waals surface area contributed by atoms with Gasteiger partial charge in [-0.05, 0) is 136 Å². The van der Waals surface area contributed by atoms with Crippen molar-refractivity contribution in [3.63, 3.8) is 0 Å². The number of unbranched alkanes of at least 4 members (excludes halogenated alkanes) is 1. The number of azide groups is 1. The maximum absolute atomic E-state index is 15.5. The number of nitrogens with two attached hydrogens (primary N) is 1. The van der Waals surface area contributed by atoms with Gasteiger partial charge < -0.3 is 88.5 Å². The summed E-state index contributed by atoms with van der Waals surface area (Å²) in [5, 5.41) is 81.4. The summed E-state index contributed by atoms with van der Waals surface area (Å²) in [6.07, 6.45) is -1.61. The van der Waals surface area contributed by atoms with Gasteiger partial charge in [-0.1, -0.05) is 109 Å². The molecule has 1 aromatic heterocycles. The van der Waals surface area contributed by atoms with Crippen LogP contribution >= 0.6 is 0 Å². The Kier molecular flexibility index (Phi) is 36.6. The average molecular weight is 1620 g/mol. The number of H-pyrrole nitrogens is 1. The minimum atomic E-state index is -2.10. The van der Waals surface area contributed by atoms with Gasteiger partial charge in [0.25, 0.3) is 0 Å². The van der Waals surface area contributed by atoms with Crippen LogP contribution in [-0.4, -0.2) is 241 Å². The predicted octanol–water partition coefficient (Wildman–Crippen LogP) is 0.301. The zero-order chi connectivity index (χ0) is 85.3. The Bertz CT molecular complexity index is 4270. The first kappa shape index (κ1) is 92.8. The van der Waals surface area contributed by atoms with Gasteiger partial charge >= 0.3 is 5.97 Å². The summed E-state index contributed by atoms with van der Waals surface area (Å²) in [6.45, 7) is 10.4. The lowest BCUT2D eigenvalue weighted by Gasteiger charge is -2.33. The largest absolute Gasteiger partial charge is 0.494 e. The highest BCUT2D eigenvalue weighted by Crippen LogP contribution is 2.30. The monoisotopic (exact) mass is 1620 g/mol. The second-order valence-corrected chi connectivity index (χ2v) is 29.2. The maximum atomic E-state index is 15.5. The minimum Gasteiger partial charge on any atom is -0.494 e. The average Bonchev–Trinajstić information content (AvgIpc) is 0.947. The Morgan fingerprint density at radius 2 is 1.38 bits per heavy atom. The number of rotatable bonds is 47. The first-order chi connectivity index (χ1) is 55.1. The van der Waals surface area contributed by atoms with E-state index >= 15 is 4.39 Å². The molecule has 1 fully saturated rings. The van der Waals surface area contributed by atoms with E-state index in [-0.39, 0.29) is 56.1 Å². The van der Waals surface area contributed by atoms with Gasteiger partial charge in [-0.25, -0.2) is 4.39 Å². The quantitative estimate of drug-likeness (QED) is 0.0108. The number of aryl methyl sites for hydroxylation is 4. The lowest BCUT2D eigenvalue weighted by atomic mass is 9.87. The minimum absolute atomic E-state index is 0.0256. The number of likely N-dealkylation sites (N-methyl/N-ethyl adjacent to an activating group) is 1. The number of amides is 12. The fourth-order valence-corrected chi connectivity index (χ4v) is 12.9. The second-order valence-electron chi connectivity index (χ2n) is 29.2. The van der Waals surface area contributed by atoms with E-state index in [1.54, 1.807) is 29.2 Å². The fourth-order valence-electron chi connectivity index (χ4n) is 12.9. The fraction of sp³-hybridized carbons (Fsp3) is 0.513. The van der Waals surface area contributed by atoms with Crippen molar-refractivity contribution in [3.8, 4) is 16.9 Å². The number of aliphatic carboxylic acids is 1. The number of carboxylic acids is 1. The number of primary amides is 1. The van der Waals surface area contributed by atoms with Gasteiger partial charge in [0.1, 0.15) is 59.9 Å². The molecular weight excluding hydrogens is 1510 g/mol. The van der Waals surface area contributed by atoms with Gasteiger partial charge in [0.15, 0.2) is 5.82 Å². The molecule has 38 heteroatoms. The molecule has 628 valence electrons. The van der Waals surface area contributed by atoms with Gasteiger partial charge in [-0.15, -0.1) is 10.2 Å². The van der Waals surface area contributed by atoms with Crippen LogP contribution in [0.1, 0.15) is 132 Å². The van der Waals surface area contributed by atoms with Gasteiger partial charge in [-0.2, -0.15) is 5.21 Å². The van der Waals surface area contributed by atoms with E-state index < -0.39 is 169 Å². The Labute approximate surface area is 669 Å². The van der Waals surface area contributed by atoms with Crippen LogP contribution in [0.4, 0.5) is 4.39 Å². The van der Waals surface area contributed by atoms with Gasteiger partial charge in [0, 0.05) is 70.2 Å². The molecule has 0 bridgehead atoms. The summed E-state index contributed by atoms with van der Waals surface area (Å²) in [7, 11) is 1.03. The third kappa shape index (κ3) is 29.4. The Morgan fingerprint density at radius 1 is 0.724 bits per heavy atom. The number of carboxylic acid groups (broad SMARTS) is 1. The van der Waals surface area contributed by atoms with E-state index in [9.17, 15) is 82.8 Å². The number of nitrogens with one attached hydrogen (secondary N) is 10. The Morgan fingerprint density at radius 3 is 2.01 bits per heavy atom. The number of aliphatic hydroxyl groups is 3. The number of tetrazole rings is 1. The lowest BCUT2D eigenvalue weighted by Crippen LogP contribution is -2.63. The number of aliphatic hydroxyl groups excluding tert-OH is 3. The predicted molar refractivity (Wildman–Crippen MR) is 417 cm³/mol. The van der Waals surface area contributed by atoms with E-state index in [0.29, 0.717) is 74.4 Å². The van der Waals surface area contributed by atoms with E-state index in [1.807, 2.05) is 57.2 Å². The molecule has 1 saturated heterocycles. The number of carbonyl (C=O) groups excluding carboxylic acids is 12. The summed E-state index contributed by atoms with van der Waals surface area (Å²) in [5.74, 6) is -13.8. The first-order valence-electron chi connectivity index (χ1n) is 38.2. The number of aromatic amines is 1. The number of nitrogens with zero attached hydrogens (tertiary/aromatic N) is 8. The highest BCUT2D eigenvalue weighted by atomic mass is 19.1. The highest BCUT2D eigenvalue weighted by molar-refractivity contribution is 6.00. The molecule has 10 atom stereocenters. The van der Waals surface area contributed by atoms with Crippen LogP contribution in [0.2, 0.25) is 0 Å². The SMILES string of the molecule is CCc1cc(OCCCCN=[N+]=[N-])ccc1-c1ccc(CC(NC(=O)[C@H](CC(=O)O)NC(=O)[C@H](CO)NC(=O)[C@@H](NC(=O)C(Cc2ccccc2F)N(C)C(=O)[C@@H](NC(=O)CNC(=O)[C@H](Cc2nn[nH]n2)NC(=O)C(C)(C)CC(=O)NCCN2CCCCC2=O)C(C)O)[C@@H](C)O)C(=O)N[C@@H](CCCc2cc(C)cc(C)c2)C(N)=O)cc1. The van der Waals surface area contributed by atoms with Crippen LogP contribution < -0.4 is 58.3 Å². The summed E-state index contributed by atoms with van der Waals surface area (Å²) < 4.78 is 21.5. The molecule has 0 spiro atoms. The molecule has 0 radical (unpaired) electrons.